The molecule has 1 aromatic rings. The number of hydrogen-bond acceptors (Lipinski definition) is 5. The summed E-state index contributed by atoms with van der Waals surface area (Å²) in [7, 11) is 0. The lowest BCUT2D eigenvalue weighted by Crippen LogP contribution is -2.50. The summed E-state index contributed by atoms with van der Waals surface area (Å²) in [5, 5.41) is 12.2. The van der Waals surface area contributed by atoms with Crippen molar-refractivity contribution in [3.8, 4) is 0 Å². The molecular weight excluding hydrogens is 474 g/mol. The first-order chi connectivity index (χ1) is 17.1. The fraction of sp³-hybridized carbons (Fsp3) is 0.464. The number of nitrogens with two attached hydrogens (primary N) is 1. The lowest BCUT2D eigenvalue weighted by atomic mass is 9.95. The van der Waals surface area contributed by atoms with Gasteiger partial charge in [-0.15, -0.1) is 0 Å². The van der Waals surface area contributed by atoms with Gasteiger partial charge in [0.05, 0.1) is 5.92 Å². The maximum atomic E-state index is 12.6. The Bertz CT molecular complexity index is 937. The van der Waals surface area contributed by atoms with E-state index < -0.39 is 29.7 Å². The van der Waals surface area contributed by atoms with Crippen LogP contribution in [0.3, 0.4) is 0 Å². The van der Waals surface area contributed by atoms with Gasteiger partial charge in [0.2, 0.25) is 5.91 Å². The number of allylic oxidation sites excluding steroid dienone is 5. The molecule has 0 fully saturated rings. The molecule has 0 aliphatic rings. The third-order valence-electron chi connectivity index (χ3n) is 5.64. The number of amides is 2. The Morgan fingerprint density at radius 1 is 0.972 bits per heavy atom. The highest BCUT2D eigenvalue weighted by atomic mass is 32.2. The number of aliphatic carboxylic acids is 1. The molecule has 0 saturated carbocycles. The Kier molecular flexibility index (Phi) is 15.2. The van der Waals surface area contributed by atoms with E-state index in [-0.39, 0.29) is 6.42 Å². The monoisotopic (exact) mass is 515 g/mol. The van der Waals surface area contributed by atoms with Crippen molar-refractivity contribution in [3.05, 3.63) is 70.8 Å². The van der Waals surface area contributed by atoms with Gasteiger partial charge in [-0.1, -0.05) is 65.3 Å². The van der Waals surface area contributed by atoms with Gasteiger partial charge in [-0.2, -0.15) is 11.8 Å². The summed E-state index contributed by atoms with van der Waals surface area (Å²) in [6.07, 6.45) is 10.5. The standard InChI is InChI=1S/C28H41N3O4S/c1-20(2)10-8-11-21(3)12-9-13-22(4)16-17-36-19-25(27(33)31-29)30-26(32)18-24(28(34)35)23-14-6-5-7-15-23/h5-7,10,12,14-16,24-25H,8-9,11,13,17-19,29H2,1-4H3,(H,30,32)(H,31,33)(H,34,35)/t24?,25-/m0/s1. The number of carbonyl (C=O) groups is 3. The molecule has 0 spiro atoms. The molecule has 0 aliphatic heterocycles. The number of benzene rings is 1. The minimum absolute atomic E-state index is 0.265. The topological polar surface area (TPSA) is 122 Å². The molecule has 1 unspecified atom stereocenters. The number of carbonyl (C=O) groups excluding carboxylic acids is 2. The van der Waals surface area contributed by atoms with Crippen molar-refractivity contribution in [2.75, 3.05) is 11.5 Å². The van der Waals surface area contributed by atoms with Crippen LogP contribution in [-0.2, 0) is 14.4 Å². The summed E-state index contributed by atoms with van der Waals surface area (Å²) in [5.74, 6) is 3.20. The van der Waals surface area contributed by atoms with E-state index in [1.165, 1.54) is 28.5 Å². The van der Waals surface area contributed by atoms with Gasteiger partial charge in [-0.3, -0.25) is 19.8 Å². The molecule has 8 heteroatoms. The SMILES string of the molecule is CC(C)=CCCC(C)=CCCC(C)=CCSC[C@H](NC(=O)CC(C(=O)O)c1ccccc1)C(=O)NN. The molecule has 0 aromatic heterocycles. The molecule has 0 radical (unpaired) electrons. The van der Waals surface area contributed by atoms with E-state index in [0.29, 0.717) is 17.1 Å². The molecule has 1 aromatic carbocycles. The lowest BCUT2D eigenvalue weighted by Gasteiger charge is -2.18. The molecule has 0 bridgehead atoms. The summed E-state index contributed by atoms with van der Waals surface area (Å²) < 4.78 is 0. The number of carboxylic acids is 1. The molecule has 1 rings (SSSR count). The number of rotatable bonds is 16. The molecule has 36 heavy (non-hydrogen) atoms. The number of carboxylic acid groups (broad SMARTS) is 1. The van der Waals surface area contributed by atoms with Gasteiger partial charge >= 0.3 is 5.97 Å². The van der Waals surface area contributed by atoms with E-state index >= 15 is 0 Å². The lowest BCUT2D eigenvalue weighted by molar-refractivity contribution is -0.141. The fourth-order valence-corrected chi connectivity index (χ4v) is 4.49. The molecule has 0 saturated heterocycles. The van der Waals surface area contributed by atoms with E-state index in [0.717, 1.165) is 25.7 Å². The number of thioether (sulfide) groups is 1. The zero-order valence-corrected chi connectivity index (χ0v) is 22.7. The van der Waals surface area contributed by atoms with Crippen molar-refractivity contribution >= 4 is 29.5 Å². The van der Waals surface area contributed by atoms with Crippen LogP contribution in [0.1, 0.15) is 71.3 Å². The van der Waals surface area contributed by atoms with Crippen molar-refractivity contribution in [2.45, 2.75) is 71.8 Å². The average Bonchev–Trinajstić information content (AvgIpc) is 2.84. The predicted octanol–water partition coefficient (Wildman–Crippen LogP) is 4.87. The van der Waals surface area contributed by atoms with Gasteiger partial charge < -0.3 is 10.4 Å². The summed E-state index contributed by atoms with van der Waals surface area (Å²) in [4.78, 5) is 36.4. The van der Waals surface area contributed by atoms with Crippen LogP contribution in [0.15, 0.2) is 65.3 Å². The van der Waals surface area contributed by atoms with Gasteiger partial charge in [-0.05, 0) is 58.9 Å². The first-order valence-corrected chi connectivity index (χ1v) is 13.4. The number of hydrogen-bond donors (Lipinski definition) is 4. The molecule has 2 atom stereocenters. The number of hydrazine groups is 1. The van der Waals surface area contributed by atoms with E-state index in [1.807, 2.05) is 0 Å². The van der Waals surface area contributed by atoms with Crippen molar-refractivity contribution in [1.29, 1.82) is 0 Å². The van der Waals surface area contributed by atoms with Crippen LogP contribution in [-0.4, -0.2) is 40.4 Å². The highest BCUT2D eigenvalue weighted by molar-refractivity contribution is 7.99. The molecule has 0 aliphatic carbocycles. The summed E-state index contributed by atoms with van der Waals surface area (Å²) in [6.45, 7) is 8.49. The van der Waals surface area contributed by atoms with Gasteiger partial charge in [0.25, 0.3) is 5.91 Å². The van der Waals surface area contributed by atoms with Gasteiger partial charge in [0, 0.05) is 17.9 Å². The Labute approximate surface area is 219 Å². The van der Waals surface area contributed by atoms with E-state index in [9.17, 15) is 19.5 Å². The maximum absolute atomic E-state index is 12.6. The zero-order chi connectivity index (χ0) is 26.9. The Morgan fingerprint density at radius 3 is 2.17 bits per heavy atom. The molecular formula is C28H41N3O4S. The zero-order valence-electron chi connectivity index (χ0n) is 21.9. The van der Waals surface area contributed by atoms with Crippen LogP contribution in [0.5, 0.6) is 0 Å². The summed E-state index contributed by atoms with van der Waals surface area (Å²) in [5.41, 5.74) is 6.63. The largest absolute Gasteiger partial charge is 0.481 e. The van der Waals surface area contributed by atoms with E-state index in [2.05, 4.69) is 56.7 Å². The van der Waals surface area contributed by atoms with Crippen molar-refractivity contribution in [1.82, 2.24) is 10.7 Å². The first-order valence-electron chi connectivity index (χ1n) is 12.2. The first kappa shape index (κ1) is 31.2. The third-order valence-corrected chi connectivity index (χ3v) is 6.61. The van der Waals surface area contributed by atoms with Crippen molar-refractivity contribution < 1.29 is 19.5 Å². The van der Waals surface area contributed by atoms with Crippen LogP contribution < -0.4 is 16.6 Å². The smallest absolute Gasteiger partial charge is 0.311 e. The van der Waals surface area contributed by atoms with Crippen LogP contribution in [0.25, 0.3) is 0 Å². The second-order valence-corrected chi connectivity index (χ2v) is 10.2. The van der Waals surface area contributed by atoms with Gasteiger partial charge in [-0.25, -0.2) is 5.84 Å². The number of nitrogens with one attached hydrogen (secondary N) is 2. The second-order valence-electron chi connectivity index (χ2n) is 9.13. The Hall–Kier alpha value is -2.84. The fourth-order valence-electron chi connectivity index (χ4n) is 3.48. The van der Waals surface area contributed by atoms with Gasteiger partial charge in [0.1, 0.15) is 6.04 Å². The highest BCUT2D eigenvalue weighted by Crippen LogP contribution is 2.20. The maximum Gasteiger partial charge on any atom is 0.311 e. The van der Waals surface area contributed by atoms with Crippen molar-refractivity contribution in [3.63, 3.8) is 0 Å². The van der Waals surface area contributed by atoms with Crippen LogP contribution in [0.4, 0.5) is 0 Å². The second kappa shape index (κ2) is 17.6. The van der Waals surface area contributed by atoms with E-state index in [4.69, 9.17) is 5.84 Å². The van der Waals surface area contributed by atoms with Crippen LogP contribution >= 0.6 is 11.8 Å². The normalized spacial score (nSPS) is 13.5. The summed E-state index contributed by atoms with van der Waals surface area (Å²) in [6, 6.07) is 7.72. The molecule has 5 N–H and O–H groups in total. The Balaban J connectivity index is 2.53. The minimum Gasteiger partial charge on any atom is -0.481 e. The van der Waals surface area contributed by atoms with Crippen molar-refractivity contribution in [2.24, 2.45) is 5.84 Å². The van der Waals surface area contributed by atoms with Crippen LogP contribution in [0, 0.1) is 0 Å². The summed E-state index contributed by atoms with van der Waals surface area (Å²) >= 11 is 1.50. The minimum atomic E-state index is -1.09. The average molecular weight is 516 g/mol. The van der Waals surface area contributed by atoms with Gasteiger partial charge in [0.15, 0.2) is 0 Å². The predicted molar refractivity (Wildman–Crippen MR) is 148 cm³/mol. The molecule has 198 valence electrons. The van der Waals surface area contributed by atoms with Crippen LogP contribution in [0.2, 0.25) is 0 Å². The quantitative estimate of drug-likeness (QED) is 0.0819. The highest BCUT2D eigenvalue weighted by Gasteiger charge is 2.26. The third kappa shape index (κ3) is 13.3. The molecule has 2 amide bonds. The Morgan fingerprint density at radius 2 is 1.58 bits per heavy atom. The molecule has 0 heterocycles. The molecule has 7 nitrogen and oxygen atoms in total. The van der Waals surface area contributed by atoms with E-state index in [1.54, 1.807) is 30.3 Å².